The molecule has 0 fully saturated rings. The van der Waals surface area contributed by atoms with Crippen LogP contribution in [0.2, 0.25) is 0 Å². The number of aliphatic imine (C=N–C) groups is 2. The summed E-state index contributed by atoms with van der Waals surface area (Å²) in [4.78, 5) is 8.75. The van der Waals surface area contributed by atoms with E-state index in [1.807, 2.05) is 55.6 Å². The Morgan fingerprint density at radius 2 is 1.60 bits per heavy atom. The molecule has 0 spiro atoms. The minimum absolute atomic E-state index is 0.562. The molecular formula is C17H15N3. The molecule has 0 bridgehead atoms. The topological polar surface area (TPSA) is 48.6 Å². The van der Waals surface area contributed by atoms with Crippen LogP contribution in [0.4, 0.5) is 0 Å². The van der Waals surface area contributed by atoms with Crippen molar-refractivity contribution in [3.8, 4) is 11.1 Å². The van der Waals surface area contributed by atoms with Crippen molar-refractivity contribution in [1.29, 1.82) is 5.41 Å². The van der Waals surface area contributed by atoms with Gasteiger partial charge in [-0.1, -0.05) is 48.5 Å². The van der Waals surface area contributed by atoms with E-state index in [9.17, 15) is 0 Å². The van der Waals surface area contributed by atoms with Crippen molar-refractivity contribution in [3.63, 3.8) is 0 Å². The first-order valence-electron chi connectivity index (χ1n) is 6.58. The van der Waals surface area contributed by atoms with Gasteiger partial charge in [0.1, 0.15) is 0 Å². The predicted molar refractivity (Wildman–Crippen MR) is 84.3 cm³/mol. The molecule has 0 saturated heterocycles. The van der Waals surface area contributed by atoms with Gasteiger partial charge >= 0.3 is 0 Å². The van der Waals surface area contributed by atoms with Crippen LogP contribution in [0.25, 0.3) is 11.1 Å². The van der Waals surface area contributed by atoms with Gasteiger partial charge in [0.15, 0.2) is 5.84 Å². The normalized spacial score (nSPS) is 13.3. The SMILES string of the molecule is CC(=N)c1ccccc1-c1ccccc1C1=NCC=N1. The van der Waals surface area contributed by atoms with Crippen LogP contribution in [0.5, 0.6) is 0 Å². The number of rotatable bonds is 3. The lowest BCUT2D eigenvalue weighted by Gasteiger charge is -2.12. The summed E-state index contributed by atoms with van der Waals surface area (Å²) in [5.41, 5.74) is 4.66. The molecule has 0 aromatic heterocycles. The van der Waals surface area contributed by atoms with Gasteiger partial charge in [-0.25, -0.2) is 4.99 Å². The van der Waals surface area contributed by atoms with Crippen LogP contribution in [-0.2, 0) is 0 Å². The quantitative estimate of drug-likeness (QED) is 0.821. The van der Waals surface area contributed by atoms with Gasteiger partial charge in [-0.3, -0.25) is 4.99 Å². The first-order chi connectivity index (χ1) is 9.77. The fourth-order valence-corrected chi connectivity index (χ4v) is 2.41. The molecule has 3 nitrogen and oxygen atoms in total. The minimum Gasteiger partial charge on any atom is -0.305 e. The molecule has 0 saturated carbocycles. The molecule has 0 unspecified atom stereocenters. The molecule has 1 aliphatic heterocycles. The van der Waals surface area contributed by atoms with Crippen molar-refractivity contribution in [2.75, 3.05) is 6.54 Å². The number of benzene rings is 2. The number of nitrogens with zero attached hydrogens (tertiary/aromatic N) is 2. The summed E-state index contributed by atoms with van der Waals surface area (Å²) in [5, 5.41) is 7.95. The summed E-state index contributed by atoms with van der Waals surface area (Å²) >= 11 is 0. The molecule has 3 heteroatoms. The molecule has 0 amide bonds. The Morgan fingerprint density at radius 1 is 0.950 bits per heavy atom. The first-order valence-corrected chi connectivity index (χ1v) is 6.58. The van der Waals surface area contributed by atoms with E-state index < -0.39 is 0 Å². The van der Waals surface area contributed by atoms with E-state index in [1.165, 1.54) is 0 Å². The maximum atomic E-state index is 7.95. The number of nitrogens with one attached hydrogen (secondary N) is 1. The molecule has 1 aliphatic rings. The van der Waals surface area contributed by atoms with E-state index >= 15 is 0 Å². The van der Waals surface area contributed by atoms with Crippen LogP contribution in [-0.4, -0.2) is 24.3 Å². The summed E-state index contributed by atoms with van der Waals surface area (Å²) in [6, 6.07) is 16.1. The van der Waals surface area contributed by atoms with Crippen LogP contribution < -0.4 is 0 Å². The molecule has 3 rings (SSSR count). The average Bonchev–Trinajstić information content (AvgIpc) is 3.01. The van der Waals surface area contributed by atoms with E-state index in [1.54, 1.807) is 0 Å². The van der Waals surface area contributed by atoms with Gasteiger partial charge in [0, 0.05) is 23.1 Å². The average molecular weight is 261 g/mol. The second-order valence-electron chi connectivity index (χ2n) is 4.69. The molecule has 0 radical (unpaired) electrons. The van der Waals surface area contributed by atoms with E-state index in [2.05, 4.69) is 16.1 Å². The highest BCUT2D eigenvalue weighted by Crippen LogP contribution is 2.28. The molecular weight excluding hydrogens is 246 g/mol. The zero-order chi connectivity index (χ0) is 13.9. The lowest BCUT2D eigenvalue weighted by atomic mass is 9.93. The maximum absolute atomic E-state index is 7.95. The Morgan fingerprint density at radius 3 is 2.25 bits per heavy atom. The van der Waals surface area contributed by atoms with Gasteiger partial charge < -0.3 is 5.41 Å². The standard InChI is InChI=1S/C17H15N3/c1-12(18)13-6-2-3-7-14(13)15-8-4-5-9-16(15)17-19-10-11-20-17/h2-10,18H,11H2,1H3. The van der Waals surface area contributed by atoms with Crippen LogP contribution in [0.1, 0.15) is 18.1 Å². The Balaban J connectivity index is 2.21. The van der Waals surface area contributed by atoms with E-state index in [0.29, 0.717) is 12.3 Å². The summed E-state index contributed by atoms with van der Waals surface area (Å²) in [7, 11) is 0. The van der Waals surface area contributed by atoms with Crippen LogP contribution >= 0.6 is 0 Å². The Hall–Kier alpha value is -2.55. The third-order valence-electron chi connectivity index (χ3n) is 3.33. The third-order valence-corrected chi connectivity index (χ3v) is 3.33. The highest BCUT2D eigenvalue weighted by molar-refractivity contribution is 6.12. The lowest BCUT2D eigenvalue weighted by Crippen LogP contribution is -2.01. The second-order valence-corrected chi connectivity index (χ2v) is 4.69. The highest BCUT2D eigenvalue weighted by atomic mass is 15.0. The number of hydrogen-bond acceptors (Lipinski definition) is 3. The molecule has 98 valence electrons. The van der Waals surface area contributed by atoms with Crippen molar-refractivity contribution >= 4 is 17.8 Å². The summed E-state index contributed by atoms with van der Waals surface area (Å²) in [6.45, 7) is 2.46. The molecule has 1 N–H and O–H groups in total. The smallest absolute Gasteiger partial charge is 0.155 e. The van der Waals surface area contributed by atoms with E-state index in [-0.39, 0.29) is 0 Å². The summed E-state index contributed by atoms with van der Waals surface area (Å²) < 4.78 is 0. The molecule has 0 aliphatic carbocycles. The maximum Gasteiger partial charge on any atom is 0.155 e. The molecule has 20 heavy (non-hydrogen) atoms. The van der Waals surface area contributed by atoms with Crippen LogP contribution in [0.15, 0.2) is 58.5 Å². The van der Waals surface area contributed by atoms with Crippen molar-refractivity contribution in [3.05, 3.63) is 59.7 Å². The van der Waals surface area contributed by atoms with Gasteiger partial charge in [-0.05, 0) is 18.1 Å². The molecule has 0 atom stereocenters. The zero-order valence-corrected chi connectivity index (χ0v) is 11.3. The fraction of sp³-hybridized carbons (Fsp3) is 0.118. The summed E-state index contributed by atoms with van der Waals surface area (Å²) in [6.07, 6.45) is 1.82. The second kappa shape index (κ2) is 5.21. The Kier molecular flexibility index (Phi) is 3.25. The number of hydrogen-bond donors (Lipinski definition) is 1. The van der Waals surface area contributed by atoms with Gasteiger partial charge in [0.2, 0.25) is 0 Å². The Labute approximate surface area is 118 Å². The largest absolute Gasteiger partial charge is 0.305 e. The monoisotopic (exact) mass is 261 g/mol. The molecule has 2 aromatic carbocycles. The van der Waals surface area contributed by atoms with E-state index in [4.69, 9.17) is 5.41 Å². The van der Waals surface area contributed by atoms with Gasteiger partial charge in [0.05, 0.1) is 6.54 Å². The van der Waals surface area contributed by atoms with Gasteiger partial charge in [0.25, 0.3) is 0 Å². The van der Waals surface area contributed by atoms with Gasteiger partial charge in [-0.2, -0.15) is 0 Å². The van der Waals surface area contributed by atoms with Crippen molar-refractivity contribution < 1.29 is 0 Å². The van der Waals surface area contributed by atoms with Gasteiger partial charge in [-0.15, -0.1) is 0 Å². The number of amidine groups is 1. The lowest BCUT2D eigenvalue weighted by molar-refractivity contribution is 1.35. The molecule has 1 heterocycles. The van der Waals surface area contributed by atoms with Crippen molar-refractivity contribution in [1.82, 2.24) is 0 Å². The minimum atomic E-state index is 0.562. The van der Waals surface area contributed by atoms with Crippen molar-refractivity contribution in [2.45, 2.75) is 6.92 Å². The third kappa shape index (κ3) is 2.18. The van der Waals surface area contributed by atoms with Crippen LogP contribution in [0.3, 0.4) is 0 Å². The fourth-order valence-electron chi connectivity index (χ4n) is 2.41. The first kappa shape index (κ1) is 12.5. The molecule has 2 aromatic rings. The predicted octanol–water partition coefficient (Wildman–Crippen LogP) is 3.57. The summed E-state index contributed by atoms with van der Waals surface area (Å²) in [5.74, 6) is 0.776. The Bertz CT molecular complexity index is 727. The highest BCUT2D eigenvalue weighted by Gasteiger charge is 2.14. The van der Waals surface area contributed by atoms with Crippen molar-refractivity contribution in [2.24, 2.45) is 9.98 Å². The zero-order valence-electron chi connectivity index (χ0n) is 11.3. The van der Waals surface area contributed by atoms with E-state index in [0.717, 1.165) is 28.1 Å². The van der Waals surface area contributed by atoms with Crippen LogP contribution in [0, 0.1) is 5.41 Å².